The van der Waals surface area contributed by atoms with E-state index in [1.807, 2.05) is 6.92 Å². The number of imidazole rings is 1. The van der Waals surface area contributed by atoms with Gasteiger partial charge in [0.25, 0.3) is 5.78 Å². The lowest BCUT2D eigenvalue weighted by Gasteiger charge is -2.14. The highest BCUT2D eigenvalue weighted by Gasteiger charge is 2.32. The molecule has 1 aromatic heterocycles. The van der Waals surface area contributed by atoms with E-state index in [4.69, 9.17) is 30.5 Å². The second-order valence-electron chi connectivity index (χ2n) is 8.03. The van der Waals surface area contributed by atoms with Gasteiger partial charge >= 0.3 is 11.9 Å². The Hall–Kier alpha value is -3.90. The molecule has 2 aromatic carbocycles. The number of aryl methyl sites for hydroxylation is 1. The van der Waals surface area contributed by atoms with Gasteiger partial charge in [-0.05, 0) is 36.2 Å². The number of carbonyl (C=O) groups excluding carboxylic acids is 1. The van der Waals surface area contributed by atoms with Crippen molar-refractivity contribution in [2.75, 3.05) is 21.0 Å². The molecule has 200 valence electrons. The summed E-state index contributed by atoms with van der Waals surface area (Å²) in [6.45, 7) is 1.61. The molecule has 0 bridgehead atoms. The predicted octanol–water partition coefficient (Wildman–Crippen LogP) is 4.40. The Morgan fingerprint density at radius 1 is 1.13 bits per heavy atom. The molecule has 0 atom stereocenters. The minimum absolute atomic E-state index is 0.0614. The minimum atomic E-state index is -1.71. The van der Waals surface area contributed by atoms with Crippen LogP contribution in [-0.2, 0) is 17.8 Å². The zero-order chi connectivity index (χ0) is 27.6. The maximum atomic E-state index is 12.5. The first-order valence-corrected chi connectivity index (χ1v) is 12.5. The molecule has 0 saturated carbocycles. The first-order chi connectivity index (χ1) is 18.2. The number of aliphatic carboxylic acids is 1. The minimum Gasteiger partial charge on any atom is -0.493 e. The van der Waals surface area contributed by atoms with Crippen molar-refractivity contribution in [3.63, 3.8) is 0 Å². The topological polar surface area (TPSA) is 146 Å². The smallest absolute Gasteiger partial charge is 0.377 e. The Labute approximate surface area is 226 Å². The number of methoxy groups -OCH3 is 2. The largest absolute Gasteiger partial charge is 0.493 e. The van der Waals surface area contributed by atoms with Crippen LogP contribution in [-0.4, -0.2) is 58.5 Å². The number of Topliss-reactive ketones (excluding diaryl/α,β-unsaturated/α-hetero) is 1. The first kappa shape index (κ1) is 27.1. The molecule has 0 saturated heterocycles. The number of fused-ring (bicyclic) bond motifs is 1. The van der Waals surface area contributed by atoms with Gasteiger partial charge in [-0.3, -0.25) is 4.79 Å². The number of ketones is 1. The van der Waals surface area contributed by atoms with Crippen LogP contribution < -0.4 is 18.9 Å². The number of halogens is 1. The fraction of sp³-hybridized carbons (Fsp3) is 0.280. The summed E-state index contributed by atoms with van der Waals surface area (Å²) in [6, 6.07) is 6.69. The number of aromatic carboxylic acids is 1. The number of benzene rings is 2. The van der Waals surface area contributed by atoms with Crippen LogP contribution in [0, 0.1) is 0 Å². The van der Waals surface area contributed by atoms with Gasteiger partial charge < -0.3 is 33.7 Å². The summed E-state index contributed by atoms with van der Waals surface area (Å²) >= 11 is 7.65. The van der Waals surface area contributed by atoms with Gasteiger partial charge in [0.1, 0.15) is 10.9 Å². The third-order valence-corrected chi connectivity index (χ3v) is 7.08. The van der Waals surface area contributed by atoms with Gasteiger partial charge in [0, 0.05) is 11.3 Å². The lowest BCUT2D eigenvalue weighted by Crippen LogP contribution is -2.17. The van der Waals surface area contributed by atoms with E-state index in [0.29, 0.717) is 35.1 Å². The Bertz CT molecular complexity index is 1440. The number of ether oxygens (including phenoxy) is 4. The molecular weight excluding hydrogens is 540 g/mol. The van der Waals surface area contributed by atoms with Crippen molar-refractivity contribution in [2.45, 2.75) is 36.2 Å². The summed E-state index contributed by atoms with van der Waals surface area (Å²) in [7, 11) is 3.02. The Balaban J connectivity index is 1.82. The van der Waals surface area contributed by atoms with Crippen LogP contribution in [0.3, 0.4) is 0 Å². The number of hydrogen-bond acceptors (Lipinski definition) is 9. The molecule has 0 amide bonds. The van der Waals surface area contributed by atoms with Crippen LogP contribution >= 0.6 is 23.4 Å². The van der Waals surface area contributed by atoms with Crippen molar-refractivity contribution >= 4 is 41.1 Å². The van der Waals surface area contributed by atoms with Gasteiger partial charge in [0.15, 0.2) is 28.7 Å². The summed E-state index contributed by atoms with van der Waals surface area (Å²) < 4.78 is 22.8. The molecule has 4 rings (SSSR count). The van der Waals surface area contributed by atoms with Gasteiger partial charge in [-0.15, -0.1) is 0 Å². The molecule has 0 spiro atoms. The van der Waals surface area contributed by atoms with Crippen molar-refractivity contribution in [1.29, 1.82) is 0 Å². The van der Waals surface area contributed by atoms with Crippen LogP contribution in [0.25, 0.3) is 0 Å². The second-order valence-corrected chi connectivity index (χ2v) is 9.47. The van der Waals surface area contributed by atoms with E-state index in [9.17, 15) is 24.6 Å². The molecule has 13 heteroatoms. The third kappa shape index (κ3) is 5.09. The highest BCUT2D eigenvalue weighted by Crippen LogP contribution is 2.43. The summed E-state index contributed by atoms with van der Waals surface area (Å²) in [5.74, 6) is -2.63. The van der Waals surface area contributed by atoms with E-state index in [2.05, 4.69) is 4.98 Å². The van der Waals surface area contributed by atoms with E-state index in [-0.39, 0.29) is 51.7 Å². The van der Waals surface area contributed by atoms with Crippen LogP contribution in [0.4, 0.5) is 0 Å². The average Bonchev–Trinajstić information content (AvgIpc) is 3.48. The molecule has 0 unspecified atom stereocenters. The number of aromatic nitrogens is 2. The second kappa shape index (κ2) is 11.2. The number of hydrogen-bond donors (Lipinski definition) is 2. The molecule has 0 aliphatic carbocycles. The SMILES string of the molecule is CCCc1nc(Sc2ccc(OC)c(OC)c2)c(C(=O)O)n1Cc1cc2c(c(C(=O)C(=O)O)c1Cl)OCO2. The number of rotatable bonds is 11. The fourth-order valence-corrected chi connectivity index (χ4v) is 5.25. The molecule has 3 aromatic rings. The Kier molecular flexibility index (Phi) is 8.02. The third-order valence-electron chi connectivity index (χ3n) is 5.69. The maximum absolute atomic E-state index is 12.5. The normalized spacial score (nSPS) is 11.9. The van der Waals surface area contributed by atoms with Crippen molar-refractivity contribution in [3.8, 4) is 23.0 Å². The molecule has 38 heavy (non-hydrogen) atoms. The van der Waals surface area contributed by atoms with Crippen LogP contribution in [0.2, 0.25) is 5.02 Å². The molecule has 0 fully saturated rings. The molecular formula is C25H23ClN2O9S. The van der Waals surface area contributed by atoms with E-state index in [0.717, 1.165) is 11.8 Å². The van der Waals surface area contributed by atoms with E-state index in [1.54, 1.807) is 18.2 Å². The summed E-state index contributed by atoms with van der Waals surface area (Å²) in [5, 5.41) is 19.6. The monoisotopic (exact) mass is 562 g/mol. The summed E-state index contributed by atoms with van der Waals surface area (Å²) in [4.78, 5) is 41.6. The first-order valence-electron chi connectivity index (χ1n) is 11.3. The van der Waals surface area contributed by atoms with Gasteiger partial charge in [0.05, 0.1) is 31.4 Å². The zero-order valence-electron chi connectivity index (χ0n) is 20.6. The maximum Gasteiger partial charge on any atom is 0.377 e. The lowest BCUT2D eigenvalue weighted by atomic mass is 10.0. The van der Waals surface area contributed by atoms with Gasteiger partial charge in [-0.25, -0.2) is 14.6 Å². The molecule has 0 radical (unpaired) electrons. The fourth-order valence-electron chi connectivity index (χ4n) is 4.00. The van der Waals surface area contributed by atoms with Crippen LogP contribution in [0.1, 0.15) is 45.6 Å². The Morgan fingerprint density at radius 2 is 1.87 bits per heavy atom. The number of carboxylic acids is 2. The van der Waals surface area contributed by atoms with Crippen LogP contribution in [0.5, 0.6) is 23.0 Å². The van der Waals surface area contributed by atoms with E-state index < -0.39 is 17.7 Å². The van der Waals surface area contributed by atoms with Gasteiger partial charge in [0.2, 0.25) is 6.79 Å². The lowest BCUT2D eigenvalue weighted by molar-refractivity contribution is -0.131. The van der Waals surface area contributed by atoms with E-state index in [1.165, 1.54) is 24.9 Å². The number of carboxylic acid groups (broad SMARTS) is 2. The van der Waals surface area contributed by atoms with Crippen molar-refractivity contribution in [3.05, 3.63) is 51.9 Å². The molecule has 2 heterocycles. The summed E-state index contributed by atoms with van der Waals surface area (Å²) in [6.07, 6.45) is 1.13. The Morgan fingerprint density at radius 3 is 2.50 bits per heavy atom. The number of carbonyl (C=O) groups is 3. The van der Waals surface area contributed by atoms with E-state index >= 15 is 0 Å². The highest BCUT2D eigenvalue weighted by molar-refractivity contribution is 7.99. The van der Waals surface area contributed by atoms with Crippen molar-refractivity contribution < 1.29 is 43.5 Å². The predicted molar refractivity (Wildman–Crippen MR) is 135 cm³/mol. The summed E-state index contributed by atoms with van der Waals surface area (Å²) in [5.41, 5.74) is -0.161. The molecule has 1 aliphatic rings. The molecule has 1 aliphatic heterocycles. The average molecular weight is 563 g/mol. The quantitative estimate of drug-likeness (QED) is 0.253. The number of nitrogens with zero attached hydrogens (tertiary/aromatic N) is 2. The van der Waals surface area contributed by atoms with Crippen molar-refractivity contribution in [1.82, 2.24) is 9.55 Å². The standard InChI is InChI=1S/C25H23ClN2O9S/c1-4-5-17-27-23(38-13-6-7-14(34-2)15(9-13)35-3)20(24(30)31)28(17)10-12-8-16-22(37-11-36-16)18(19(12)26)21(29)25(32)33/h6-9H,4-5,10-11H2,1-3H3,(H,30,31)(H,32,33). The van der Waals surface area contributed by atoms with Gasteiger partial charge in [-0.2, -0.15) is 0 Å². The zero-order valence-corrected chi connectivity index (χ0v) is 22.1. The molecule has 2 N–H and O–H groups in total. The van der Waals surface area contributed by atoms with Crippen LogP contribution in [0.15, 0.2) is 34.2 Å². The van der Waals surface area contributed by atoms with Gasteiger partial charge in [-0.1, -0.05) is 30.3 Å². The highest BCUT2D eigenvalue weighted by atomic mass is 35.5. The molecule has 11 nitrogen and oxygen atoms in total. The van der Waals surface area contributed by atoms with Crippen molar-refractivity contribution in [2.24, 2.45) is 0 Å².